The van der Waals surface area contributed by atoms with Gasteiger partial charge < -0.3 is 4.74 Å². The van der Waals surface area contributed by atoms with Gasteiger partial charge in [-0.05, 0) is 31.2 Å². The van der Waals surface area contributed by atoms with E-state index in [-0.39, 0.29) is 5.78 Å². The van der Waals surface area contributed by atoms with Crippen LogP contribution in [0.25, 0.3) is 0 Å². The van der Waals surface area contributed by atoms with Gasteiger partial charge in [0.25, 0.3) is 0 Å². The van der Waals surface area contributed by atoms with E-state index < -0.39 is 0 Å². The molecule has 0 saturated carbocycles. The largest absolute Gasteiger partial charge is 0.489 e. The second-order valence-corrected chi connectivity index (χ2v) is 3.08. The Hall–Kier alpha value is -1.57. The van der Waals surface area contributed by atoms with Crippen LogP contribution < -0.4 is 4.74 Å². The Balaban J connectivity index is 2.56. The summed E-state index contributed by atoms with van der Waals surface area (Å²) in [6.45, 7) is 2.43. The van der Waals surface area contributed by atoms with E-state index >= 15 is 0 Å². The Morgan fingerprint density at radius 2 is 2.23 bits per heavy atom. The Bertz CT molecular complexity index is 378. The minimum absolute atomic E-state index is 0.0243. The minimum Gasteiger partial charge on any atom is -0.489 e. The highest BCUT2D eigenvalue weighted by molar-refractivity contribution is 6.06. The molecule has 0 radical (unpaired) electrons. The summed E-state index contributed by atoms with van der Waals surface area (Å²) in [6, 6.07) is 5.64. The second-order valence-electron chi connectivity index (χ2n) is 3.08. The summed E-state index contributed by atoms with van der Waals surface area (Å²) in [7, 11) is 0. The summed E-state index contributed by atoms with van der Waals surface area (Å²) in [5.74, 6) is 0.705. The number of hydrogen-bond donors (Lipinski definition) is 0. The summed E-state index contributed by atoms with van der Waals surface area (Å²) < 4.78 is 5.37. The van der Waals surface area contributed by atoms with Crippen molar-refractivity contribution in [3.8, 4) is 5.75 Å². The maximum atomic E-state index is 11.5. The average Bonchev–Trinajstić information content (AvgIpc) is 2.29. The lowest BCUT2D eigenvalue weighted by Gasteiger charge is -2.05. The number of aryl methyl sites for hydroxylation is 1. The number of rotatable bonds is 0. The van der Waals surface area contributed by atoms with Crippen LogP contribution >= 0.6 is 0 Å². The first-order valence-electron chi connectivity index (χ1n) is 4.22. The highest BCUT2D eigenvalue weighted by atomic mass is 16.5. The van der Waals surface area contributed by atoms with Gasteiger partial charge in [0.2, 0.25) is 0 Å². The van der Waals surface area contributed by atoms with E-state index in [1.54, 1.807) is 12.2 Å². The third kappa shape index (κ3) is 1.47. The van der Waals surface area contributed by atoms with Crippen molar-refractivity contribution < 1.29 is 9.53 Å². The van der Waals surface area contributed by atoms with Crippen LogP contribution in [-0.2, 0) is 0 Å². The van der Waals surface area contributed by atoms with Crippen LogP contribution in [0, 0.1) is 6.92 Å². The lowest BCUT2D eigenvalue weighted by molar-refractivity contribution is 0.104. The van der Waals surface area contributed by atoms with Crippen molar-refractivity contribution in [2.24, 2.45) is 0 Å². The van der Waals surface area contributed by atoms with Crippen molar-refractivity contribution in [1.82, 2.24) is 0 Å². The number of hydrogen-bond acceptors (Lipinski definition) is 2. The molecule has 0 aliphatic carbocycles. The fourth-order valence-corrected chi connectivity index (χ4v) is 1.35. The number of ketones is 1. The van der Waals surface area contributed by atoms with Crippen LogP contribution in [0.5, 0.6) is 5.75 Å². The molecule has 0 fully saturated rings. The Kier molecular flexibility index (Phi) is 1.89. The van der Waals surface area contributed by atoms with Gasteiger partial charge in [0.1, 0.15) is 12.4 Å². The van der Waals surface area contributed by atoms with Crippen LogP contribution in [-0.4, -0.2) is 12.4 Å². The maximum absolute atomic E-state index is 11.5. The minimum atomic E-state index is 0.0243. The monoisotopic (exact) mass is 174 g/mol. The van der Waals surface area contributed by atoms with Gasteiger partial charge in [0, 0.05) is 0 Å². The molecule has 1 aromatic rings. The molecule has 2 heteroatoms. The van der Waals surface area contributed by atoms with Crippen molar-refractivity contribution in [2.75, 3.05) is 6.61 Å². The number of carbonyl (C=O) groups is 1. The van der Waals surface area contributed by atoms with Crippen molar-refractivity contribution in [2.45, 2.75) is 6.92 Å². The van der Waals surface area contributed by atoms with Gasteiger partial charge in [-0.15, -0.1) is 0 Å². The van der Waals surface area contributed by atoms with Crippen LogP contribution in [0.1, 0.15) is 15.9 Å². The van der Waals surface area contributed by atoms with Crippen LogP contribution in [0.3, 0.4) is 0 Å². The summed E-state index contributed by atoms with van der Waals surface area (Å²) in [6.07, 6.45) is 3.29. The van der Waals surface area contributed by atoms with E-state index in [0.29, 0.717) is 17.9 Å². The van der Waals surface area contributed by atoms with Crippen molar-refractivity contribution >= 4 is 5.78 Å². The van der Waals surface area contributed by atoms with Gasteiger partial charge in [0.05, 0.1) is 5.56 Å². The molecule has 2 nitrogen and oxygen atoms in total. The third-order valence-corrected chi connectivity index (χ3v) is 2.00. The van der Waals surface area contributed by atoms with E-state index in [2.05, 4.69) is 0 Å². The molecule has 0 N–H and O–H groups in total. The molecule has 13 heavy (non-hydrogen) atoms. The molecule has 0 atom stereocenters. The number of benzene rings is 1. The number of fused-ring (bicyclic) bond motifs is 1. The Morgan fingerprint density at radius 1 is 1.38 bits per heavy atom. The smallest absolute Gasteiger partial charge is 0.189 e. The summed E-state index contributed by atoms with van der Waals surface area (Å²) in [4.78, 5) is 11.5. The zero-order valence-electron chi connectivity index (χ0n) is 7.41. The summed E-state index contributed by atoms with van der Waals surface area (Å²) in [5, 5.41) is 0. The second kappa shape index (κ2) is 3.05. The van der Waals surface area contributed by atoms with Crippen LogP contribution in [0.2, 0.25) is 0 Å². The molecule has 0 spiro atoms. The molecule has 1 heterocycles. The van der Waals surface area contributed by atoms with Crippen LogP contribution in [0.15, 0.2) is 30.4 Å². The predicted molar refractivity (Wildman–Crippen MR) is 50.1 cm³/mol. The van der Waals surface area contributed by atoms with E-state index in [0.717, 1.165) is 5.56 Å². The molecule has 2 rings (SSSR count). The lowest BCUT2D eigenvalue weighted by atomic mass is 10.1. The summed E-state index contributed by atoms with van der Waals surface area (Å²) >= 11 is 0. The van der Waals surface area contributed by atoms with Gasteiger partial charge in [-0.25, -0.2) is 0 Å². The van der Waals surface area contributed by atoms with Crippen molar-refractivity contribution in [1.29, 1.82) is 0 Å². The van der Waals surface area contributed by atoms with Crippen molar-refractivity contribution in [3.63, 3.8) is 0 Å². The molecule has 1 aliphatic rings. The first kappa shape index (κ1) is 8.05. The normalized spacial score (nSPS) is 14.7. The molecule has 66 valence electrons. The third-order valence-electron chi connectivity index (χ3n) is 2.00. The molecule has 0 bridgehead atoms. The molecule has 0 unspecified atom stereocenters. The topological polar surface area (TPSA) is 26.3 Å². The highest BCUT2D eigenvalue weighted by Gasteiger charge is 2.12. The molecule has 0 aromatic heterocycles. The fraction of sp³-hybridized carbons (Fsp3) is 0.182. The SMILES string of the molecule is Cc1ccc2c(c1)C(=O)C=CCO2. The fourth-order valence-electron chi connectivity index (χ4n) is 1.35. The molecule has 1 aliphatic heterocycles. The van der Waals surface area contributed by atoms with E-state index in [1.165, 1.54) is 0 Å². The van der Waals surface area contributed by atoms with E-state index in [9.17, 15) is 4.79 Å². The Labute approximate surface area is 76.8 Å². The number of ether oxygens (including phenoxy) is 1. The molecular weight excluding hydrogens is 164 g/mol. The molecule has 0 amide bonds. The van der Waals surface area contributed by atoms with Gasteiger partial charge in [-0.2, -0.15) is 0 Å². The van der Waals surface area contributed by atoms with Crippen molar-refractivity contribution in [3.05, 3.63) is 41.5 Å². The lowest BCUT2D eigenvalue weighted by Crippen LogP contribution is -1.97. The number of carbonyl (C=O) groups excluding carboxylic acids is 1. The molecule has 0 saturated heterocycles. The quantitative estimate of drug-likeness (QED) is 0.602. The highest BCUT2D eigenvalue weighted by Crippen LogP contribution is 2.22. The van der Waals surface area contributed by atoms with Gasteiger partial charge in [-0.3, -0.25) is 4.79 Å². The first-order chi connectivity index (χ1) is 6.27. The van der Waals surface area contributed by atoms with Gasteiger partial charge in [-0.1, -0.05) is 11.6 Å². The zero-order chi connectivity index (χ0) is 9.26. The predicted octanol–water partition coefficient (Wildman–Crippen LogP) is 2.13. The van der Waals surface area contributed by atoms with Gasteiger partial charge >= 0.3 is 0 Å². The first-order valence-corrected chi connectivity index (χ1v) is 4.22. The molecular formula is C11H10O2. The van der Waals surface area contributed by atoms with Crippen LogP contribution in [0.4, 0.5) is 0 Å². The average molecular weight is 174 g/mol. The Morgan fingerprint density at radius 3 is 3.08 bits per heavy atom. The maximum Gasteiger partial charge on any atom is 0.189 e. The van der Waals surface area contributed by atoms with Gasteiger partial charge in [0.15, 0.2) is 5.78 Å². The zero-order valence-corrected chi connectivity index (χ0v) is 7.41. The summed E-state index contributed by atoms with van der Waals surface area (Å²) in [5.41, 5.74) is 1.74. The number of allylic oxidation sites excluding steroid dienone is 1. The standard InChI is InChI=1S/C11H10O2/c1-8-4-5-11-9(7-8)10(12)3-2-6-13-11/h2-5,7H,6H2,1H3. The molecule has 1 aromatic carbocycles. The van der Waals surface area contributed by atoms with E-state index in [1.807, 2.05) is 25.1 Å². The van der Waals surface area contributed by atoms with E-state index in [4.69, 9.17) is 4.74 Å².